The van der Waals surface area contributed by atoms with Crippen LogP contribution in [-0.2, 0) is 16.0 Å². The van der Waals surface area contributed by atoms with E-state index in [0.717, 1.165) is 18.4 Å². The van der Waals surface area contributed by atoms with Crippen molar-refractivity contribution >= 4 is 5.97 Å². The highest BCUT2D eigenvalue weighted by Gasteiger charge is 2.10. The van der Waals surface area contributed by atoms with E-state index in [1.54, 1.807) is 0 Å². The average molecular weight is 268 g/mol. The minimum atomic E-state index is -0.180. The molecule has 1 unspecified atom stereocenters. The van der Waals surface area contributed by atoms with Gasteiger partial charge in [0.1, 0.15) is 6.10 Å². The highest BCUT2D eigenvalue weighted by molar-refractivity contribution is 5.69. The fraction of sp³-hybridized carbons (Fsp3) is 0.278. The van der Waals surface area contributed by atoms with Crippen molar-refractivity contribution in [2.24, 2.45) is 0 Å². The minimum Gasteiger partial charge on any atom is -0.458 e. The van der Waals surface area contributed by atoms with Gasteiger partial charge in [-0.25, -0.2) is 0 Å². The fourth-order valence-electron chi connectivity index (χ4n) is 2.13. The van der Waals surface area contributed by atoms with Crippen LogP contribution in [0, 0.1) is 0 Å². The fourth-order valence-corrected chi connectivity index (χ4v) is 2.13. The second-order valence-corrected chi connectivity index (χ2v) is 4.88. The summed E-state index contributed by atoms with van der Waals surface area (Å²) >= 11 is 0. The van der Waals surface area contributed by atoms with Gasteiger partial charge in [0.05, 0.1) is 0 Å². The van der Waals surface area contributed by atoms with Crippen LogP contribution in [-0.4, -0.2) is 5.97 Å². The lowest BCUT2D eigenvalue weighted by molar-refractivity contribution is -0.148. The Morgan fingerprint density at radius 3 is 2.25 bits per heavy atom. The summed E-state index contributed by atoms with van der Waals surface area (Å²) in [6, 6.07) is 20.0. The molecule has 0 saturated carbocycles. The first-order chi connectivity index (χ1) is 9.75. The molecule has 0 aromatic heterocycles. The van der Waals surface area contributed by atoms with Gasteiger partial charge in [0, 0.05) is 6.42 Å². The lowest BCUT2D eigenvalue weighted by Gasteiger charge is -2.13. The first-order valence-electron chi connectivity index (χ1n) is 7.04. The highest BCUT2D eigenvalue weighted by Crippen LogP contribution is 2.17. The van der Waals surface area contributed by atoms with E-state index in [1.807, 2.05) is 55.5 Å². The first kappa shape index (κ1) is 14.3. The van der Waals surface area contributed by atoms with Gasteiger partial charge in [-0.2, -0.15) is 0 Å². The largest absolute Gasteiger partial charge is 0.458 e. The van der Waals surface area contributed by atoms with E-state index in [4.69, 9.17) is 4.74 Å². The lowest BCUT2D eigenvalue weighted by atomic mass is 10.1. The second-order valence-electron chi connectivity index (χ2n) is 4.88. The molecule has 2 nitrogen and oxygen atoms in total. The smallest absolute Gasteiger partial charge is 0.306 e. The molecule has 2 aromatic rings. The van der Waals surface area contributed by atoms with Crippen molar-refractivity contribution < 1.29 is 9.53 Å². The number of benzene rings is 2. The van der Waals surface area contributed by atoms with Crippen LogP contribution >= 0.6 is 0 Å². The molecule has 0 radical (unpaired) electrons. The molecule has 0 aliphatic carbocycles. The van der Waals surface area contributed by atoms with Gasteiger partial charge in [0.15, 0.2) is 0 Å². The molecule has 0 aliphatic heterocycles. The molecule has 0 aliphatic rings. The molecule has 104 valence electrons. The van der Waals surface area contributed by atoms with Gasteiger partial charge in [-0.3, -0.25) is 4.79 Å². The zero-order chi connectivity index (χ0) is 14.2. The molecule has 0 spiro atoms. The first-order valence-corrected chi connectivity index (χ1v) is 7.04. The summed E-state index contributed by atoms with van der Waals surface area (Å²) in [5, 5.41) is 0. The summed E-state index contributed by atoms with van der Waals surface area (Å²) in [4.78, 5) is 11.8. The number of hydrogen-bond donors (Lipinski definition) is 0. The van der Waals surface area contributed by atoms with E-state index in [-0.39, 0.29) is 12.1 Å². The van der Waals surface area contributed by atoms with Crippen molar-refractivity contribution in [3.63, 3.8) is 0 Å². The Morgan fingerprint density at radius 1 is 1.00 bits per heavy atom. The standard InChI is InChI=1S/C18H20O2/c1-15(17-12-6-3-7-13-17)20-18(19)14-8-11-16-9-4-2-5-10-16/h2-7,9-10,12-13,15H,8,11,14H2,1H3. The maximum Gasteiger partial charge on any atom is 0.306 e. The van der Waals surface area contributed by atoms with E-state index >= 15 is 0 Å². The van der Waals surface area contributed by atoms with Gasteiger partial charge in [0.2, 0.25) is 0 Å². The van der Waals surface area contributed by atoms with Crippen LogP contribution in [0.2, 0.25) is 0 Å². The van der Waals surface area contributed by atoms with Crippen LogP contribution in [0.4, 0.5) is 0 Å². The van der Waals surface area contributed by atoms with Crippen molar-refractivity contribution in [3.8, 4) is 0 Å². The van der Waals surface area contributed by atoms with Crippen molar-refractivity contribution in [1.29, 1.82) is 0 Å². The summed E-state index contributed by atoms with van der Waals surface area (Å²) in [5.41, 5.74) is 2.29. The lowest BCUT2D eigenvalue weighted by Crippen LogP contribution is -2.08. The number of esters is 1. The summed E-state index contributed by atoms with van der Waals surface area (Å²) < 4.78 is 5.44. The molecule has 0 fully saturated rings. The Labute approximate surface area is 120 Å². The minimum absolute atomic E-state index is 0.128. The van der Waals surface area contributed by atoms with E-state index < -0.39 is 0 Å². The Balaban J connectivity index is 1.73. The number of hydrogen-bond acceptors (Lipinski definition) is 2. The third-order valence-electron chi connectivity index (χ3n) is 3.27. The topological polar surface area (TPSA) is 26.3 Å². The number of ether oxygens (including phenoxy) is 1. The molecule has 2 aromatic carbocycles. The third-order valence-corrected chi connectivity index (χ3v) is 3.27. The molecule has 1 atom stereocenters. The zero-order valence-corrected chi connectivity index (χ0v) is 11.8. The molecule has 2 rings (SSSR count). The maximum absolute atomic E-state index is 11.8. The predicted molar refractivity (Wildman–Crippen MR) is 80.3 cm³/mol. The Bertz CT molecular complexity index is 520. The van der Waals surface area contributed by atoms with Gasteiger partial charge < -0.3 is 4.74 Å². The molecular formula is C18H20O2. The Hall–Kier alpha value is -2.09. The molecule has 0 saturated heterocycles. The van der Waals surface area contributed by atoms with Crippen LogP contribution in [0.5, 0.6) is 0 Å². The van der Waals surface area contributed by atoms with Gasteiger partial charge in [0.25, 0.3) is 0 Å². The molecule has 2 heteroatoms. The molecule has 0 heterocycles. The van der Waals surface area contributed by atoms with Gasteiger partial charge in [-0.05, 0) is 30.9 Å². The van der Waals surface area contributed by atoms with Gasteiger partial charge in [-0.15, -0.1) is 0 Å². The number of aryl methyl sites for hydroxylation is 1. The van der Waals surface area contributed by atoms with Crippen LogP contribution in [0.1, 0.15) is 37.0 Å². The Kier molecular flexibility index (Phi) is 5.36. The van der Waals surface area contributed by atoms with E-state index in [9.17, 15) is 4.79 Å². The summed E-state index contributed by atoms with van der Waals surface area (Å²) in [5.74, 6) is -0.128. The summed E-state index contributed by atoms with van der Waals surface area (Å²) in [6.07, 6.45) is 2.02. The molecule has 0 bridgehead atoms. The van der Waals surface area contributed by atoms with Gasteiger partial charge >= 0.3 is 5.97 Å². The quantitative estimate of drug-likeness (QED) is 0.729. The highest BCUT2D eigenvalue weighted by atomic mass is 16.5. The SMILES string of the molecule is CC(OC(=O)CCCc1ccccc1)c1ccccc1. The molecule has 0 amide bonds. The third kappa shape index (κ3) is 4.54. The second kappa shape index (κ2) is 7.49. The average Bonchev–Trinajstić information content (AvgIpc) is 2.49. The van der Waals surface area contributed by atoms with Crippen molar-refractivity contribution in [1.82, 2.24) is 0 Å². The maximum atomic E-state index is 11.8. The zero-order valence-electron chi connectivity index (χ0n) is 11.8. The van der Waals surface area contributed by atoms with Crippen LogP contribution in [0.15, 0.2) is 60.7 Å². The summed E-state index contributed by atoms with van der Waals surface area (Å²) in [7, 11) is 0. The van der Waals surface area contributed by atoms with Crippen LogP contribution < -0.4 is 0 Å². The molecule has 20 heavy (non-hydrogen) atoms. The van der Waals surface area contributed by atoms with Crippen molar-refractivity contribution in [2.45, 2.75) is 32.3 Å². The molecular weight excluding hydrogens is 248 g/mol. The normalized spacial score (nSPS) is 11.8. The monoisotopic (exact) mass is 268 g/mol. The van der Waals surface area contributed by atoms with Crippen LogP contribution in [0.3, 0.4) is 0 Å². The van der Waals surface area contributed by atoms with Crippen molar-refractivity contribution in [3.05, 3.63) is 71.8 Å². The summed E-state index contributed by atoms with van der Waals surface area (Å²) in [6.45, 7) is 1.91. The predicted octanol–water partition coefficient (Wildman–Crippen LogP) is 4.31. The van der Waals surface area contributed by atoms with E-state index in [2.05, 4.69) is 12.1 Å². The van der Waals surface area contributed by atoms with E-state index in [0.29, 0.717) is 6.42 Å². The Morgan fingerprint density at radius 2 is 1.60 bits per heavy atom. The van der Waals surface area contributed by atoms with Crippen LogP contribution in [0.25, 0.3) is 0 Å². The van der Waals surface area contributed by atoms with E-state index in [1.165, 1.54) is 5.56 Å². The van der Waals surface area contributed by atoms with Crippen molar-refractivity contribution in [2.75, 3.05) is 0 Å². The van der Waals surface area contributed by atoms with Gasteiger partial charge in [-0.1, -0.05) is 60.7 Å². The number of rotatable bonds is 6. The molecule has 0 N–H and O–H groups in total. The number of carbonyl (C=O) groups is 1. The number of carbonyl (C=O) groups excluding carboxylic acids is 1.